The molecular formula is C13H12BrN3O. The summed E-state index contributed by atoms with van der Waals surface area (Å²) in [6.45, 7) is 0. The molecule has 2 heterocycles. The van der Waals surface area contributed by atoms with Gasteiger partial charge in [-0.1, -0.05) is 0 Å². The Kier molecular flexibility index (Phi) is 2.99. The van der Waals surface area contributed by atoms with Crippen molar-refractivity contribution < 1.29 is 0 Å². The van der Waals surface area contributed by atoms with Crippen LogP contribution in [0.5, 0.6) is 0 Å². The summed E-state index contributed by atoms with van der Waals surface area (Å²) in [5, 5.41) is 0. The molecule has 1 aliphatic rings. The van der Waals surface area contributed by atoms with Crippen LogP contribution in [-0.4, -0.2) is 15.0 Å². The molecule has 0 aromatic carbocycles. The van der Waals surface area contributed by atoms with E-state index < -0.39 is 0 Å². The van der Waals surface area contributed by atoms with Crippen LogP contribution >= 0.6 is 15.9 Å². The fraction of sp³-hybridized carbons (Fsp3) is 0.308. The van der Waals surface area contributed by atoms with Crippen LogP contribution in [0.25, 0.3) is 0 Å². The normalized spacial score (nSPS) is 14.7. The summed E-state index contributed by atoms with van der Waals surface area (Å²) < 4.78 is 0.587. The lowest BCUT2D eigenvalue weighted by Gasteiger charge is -2.05. The second kappa shape index (κ2) is 4.65. The van der Waals surface area contributed by atoms with Gasteiger partial charge in [-0.25, -0.2) is 4.98 Å². The molecular weight excluding hydrogens is 294 g/mol. The van der Waals surface area contributed by atoms with Crippen LogP contribution in [-0.2, 0) is 6.42 Å². The first-order chi connectivity index (χ1) is 8.74. The zero-order chi connectivity index (χ0) is 12.5. The van der Waals surface area contributed by atoms with Crippen LogP contribution in [0.15, 0.2) is 33.8 Å². The largest absolute Gasteiger partial charge is 0.309 e. The molecule has 0 unspecified atom stereocenters. The van der Waals surface area contributed by atoms with Crippen LogP contribution in [0.3, 0.4) is 0 Å². The van der Waals surface area contributed by atoms with Gasteiger partial charge in [0.05, 0.1) is 5.69 Å². The lowest BCUT2D eigenvalue weighted by atomic mass is 10.2. The number of rotatable bonds is 3. The number of nitrogens with one attached hydrogen (secondary N) is 1. The van der Waals surface area contributed by atoms with Crippen LogP contribution in [0.2, 0.25) is 0 Å². The van der Waals surface area contributed by atoms with Gasteiger partial charge in [-0.3, -0.25) is 9.78 Å². The lowest BCUT2D eigenvalue weighted by Crippen LogP contribution is -2.15. The molecule has 1 saturated carbocycles. The molecule has 3 rings (SSSR count). The van der Waals surface area contributed by atoms with Gasteiger partial charge in [-0.05, 0) is 46.5 Å². The third-order valence-corrected chi connectivity index (χ3v) is 3.79. The van der Waals surface area contributed by atoms with E-state index in [1.54, 1.807) is 12.4 Å². The second-order valence-electron chi connectivity index (χ2n) is 4.52. The third kappa shape index (κ3) is 2.36. The molecule has 0 radical (unpaired) electrons. The average molecular weight is 306 g/mol. The van der Waals surface area contributed by atoms with Gasteiger partial charge in [-0.2, -0.15) is 0 Å². The lowest BCUT2D eigenvalue weighted by molar-refractivity contribution is 0.870. The van der Waals surface area contributed by atoms with Crippen molar-refractivity contribution in [3.63, 3.8) is 0 Å². The van der Waals surface area contributed by atoms with E-state index >= 15 is 0 Å². The average Bonchev–Trinajstić information content (AvgIpc) is 3.19. The number of halogens is 1. The molecule has 18 heavy (non-hydrogen) atoms. The minimum Gasteiger partial charge on any atom is -0.309 e. The highest BCUT2D eigenvalue weighted by molar-refractivity contribution is 9.10. The van der Waals surface area contributed by atoms with Crippen LogP contribution in [0.1, 0.15) is 35.8 Å². The molecule has 2 aromatic rings. The van der Waals surface area contributed by atoms with E-state index in [1.807, 2.05) is 12.1 Å². The van der Waals surface area contributed by atoms with Gasteiger partial charge in [0.25, 0.3) is 5.56 Å². The van der Waals surface area contributed by atoms with Crippen LogP contribution in [0.4, 0.5) is 0 Å². The number of aromatic nitrogens is 3. The maximum absolute atomic E-state index is 11.8. The van der Waals surface area contributed by atoms with Gasteiger partial charge in [0.15, 0.2) is 0 Å². The number of hydrogen-bond acceptors (Lipinski definition) is 3. The monoisotopic (exact) mass is 305 g/mol. The Labute approximate surface area is 113 Å². The van der Waals surface area contributed by atoms with E-state index in [2.05, 4.69) is 30.9 Å². The van der Waals surface area contributed by atoms with Gasteiger partial charge in [0, 0.05) is 24.7 Å². The van der Waals surface area contributed by atoms with Gasteiger partial charge in [0.1, 0.15) is 10.3 Å². The smallest absolute Gasteiger partial charge is 0.265 e. The molecule has 0 amide bonds. The maximum atomic E-state index is 11.8. The molecule has 0 saturated heterocycles. The number of hydrogen-bond donors (Lipinski definition) is 1. The molecule has 4 nitrogen and oxygen atoms in total. The first-order valence-electron chi connectivity index (χ1n) is 5.91. The number of nitrogens with zero attached hydrogens (tertiary/aromatic N) is 2. The van der Waals surface area contributed by atoms with E-state index in [1.165, 1.54) is 0 Å². The van der Waals surface area contributed by atoms with Crippen molar-refractivity contribution in [2.75, 3.05) is 0 Å². The summed E-state index contributed by atoms with van der Waals surface area (Å²) in [6, 6.07) is 3.86. The Morgan fingerprint density at radius 1 is 1.33 bits per heavy atom. The quantitative estimate of drug-likeness (QED) is 0.947. The summed E-state index contributed by atoms with van der Waals surface area (Å²) in [7, 11) is 0. The first-order valence-corrected chi connectivity index (χ1v) is 6.71. The van der Waals surface area contributed by atoms with Gasteiger partial charge < -0.3 is 4.98 Å². The molecule has 0 bridgehead atoms. The van der Waals surface area contributed by atoms with Crippen molar-refractivity contribution in [3.05, 3.63) is 56.4 Å². The van der Waals surface area contributed by atoms with Gasteiger partial charge >= 0.3 is 0 Å². The van der Waals surface area contributed by atoms with Crippen LogP contribution in [0, 0.1) is 0 Å². The predicted octanol–water partition coefficient (Wildman–Crippen LogP) is 2.40. The number of H-pyrrole nitrogens is 1. The minimum absolute atomic E-state index is 0.0871. The Morgan fingerprint density at radius 2 is 2.06 bits per heavy atom. The molecule has 0 atom stereocenters. The summed E-state index contributed by atoms with van der Waals surface area (Å²) in [5.74, 6) is 1.18. The van der Waals surface area contributed by atoms with Crippen LogP contribution < -0.4 is 5.56 Å². The van der Waals surface area contributed by atoms with E-state index in [4.69, 9.17) is 0 Å². The Bertz CT molecular complexity index is 620. The number of aromatic amines is 1. The second-order valence-corrected chi connectivity index (χ2v) is 5.31. The molecule has 0 spiro atoms. The molecule has 1 N–H and O–H groups in total. The topological polar surface area (TPSA) is 58.6 Å². The minimum atomic E-state index is -0.0871. The predicted molar refractivity (Wildman–Crippen MR) is 71.6 cm³/mol. The van der Waals surface area contributed by atoms with Gasteiger partial charge in [-0.15, -0.1) is 0 Å². The Balaban J connectivity index is 1.95. The molecule has 5 heteroatoms. The van der Waals surface area contributed by atoms with E-state index in [-0.39, 0.29) is 5.56 Å². The van der Waals surface area contributed by atoms with Crippen molar-refractivity contribution in [3.8, 4) is 0 Å². The van der Waals surface area contributed by atoms with Crippen molar-refractivity contribution in [1.82, 2.24) is 15.0 Å². The molecule has 1 aliphatic carbocycles. The highest BCUT2D eigenvalue weighted by Crippen LogP contribution is 2.41. The van der Waals surface area contributed by atoms with Crippen molar-refractivity contribution >= 4 is 15.9 Å². The first kappa shape index (κ1) is 11.6. The summed E-state index contributed by atoms with van der Waals surface area (Å²) in [5.41, 5.74) is 1.91. The van der Waals surface area contributed by atoms with E-state index in [0.29, 0.717) is 16.8 Å². The fourth-order valence-corrected chi connectivity index (χ4v) is 2.44. The Hall–Kier alpha value is -1.49. The number of pyridine rings is 1. The SMILES string of the molecule is O=c1[nH]c(Cc2ccncc2)nc(C2CC2)c1Br. The summed E-state index contributed by atoms with van der Waals surface area (Å²) in [4.78, 5) is 23.2. The van der Waals surface area contributed by atoms with Crippen molar-refractivity contribution in [1.29, 1.82) is 0 Å². The maximum Gasteiger partial charge on any atom is 0.265 e. The molecule has 0 aliphatic heterocycles. The van der Waals surface area contributed by atoms with E-state index in [0.717, 1.165) is 29.9 Å². The zero-order valence-electron chi connectivity index (χ0n) is 9.69. The van der Waals surface area contributed by atoms with Crippen molar-refractivity contribution in [2.45, 2.75) is 25.2 Å². The fourth-order valence-electron chi connectivity index (χ4n) is 1.93. The highest BCUT2D eigenvalue weighted by Gasteiger charge is 2.28. The zero-order valence-corrected chi connectivity index (χ0v) is 11.3. The standard InChI is InChI=1S/C13H12BrN3O/c14-11-12(9-1-2-9)16-10(17-13(11)18)7-8-3-5-15-6-4-8/h3-6,9H,1-2,7H2,(H,16,17,18). The highest BCUT2D eigenvalue weighted by atomic mass is 79.9. The van der Waals surface area contributed by atoms with E-state index in [9.17, 15) is 4.79 Å². The summed E-state index contributed by atoms with van der Waals surface area (Å²) in [6.07, 6.45) is 6.38. The van der Waals surface area contributed by atoms with Crippen molar-refractivity contribution in [2.24, 2.45) is 0 Å². The Morgan fingerprint density at radius 3 is 2.72 bits per heavy atom. The molecule has 1 fully saturated rings. The molecule has 2 aromatic heterocycles. The summed E-state index contributed by atoms with van der Waals surface area (Å²) >= 11 is 3.32. The molecule has 92 valence electrons. The van der Waals surface area contributed by atoms with Gasteiger partial charge in [0.2, 0.25) is 0 Å². The third-order valence-electron chi connectivity index (χ3n) is 3.02.